The van der Waals surface area contributed by atoms with Crippen LogP contribution in [0.3, 0.4) is 0 Å². The summed E-state index contributed by atoms with van der Waals surface area (Å²) >= 11 is 6.55. The lowest BCUT2D eigenvalue weighted by molar-refractivity contribution is 0.144. The van der Waals surface area contributed by atoms with Crippen LogP contribution in [0.4, 0.5) is 0 Å². The van der Waals surface area contributed by atoms with Crippen LogP contribution in [0.2, 0.25) is 0 Å². The van der Waals surface area contributed by atoms with E-state index in [9.17, 15) is 0 Å². The highest BCUT2D eigenvalue weighted by atomic mass is 35.5. The minimum absolute atomic E-state index is 0.264. The lowest BCUT2D eigenvalue weighted by Crippen LogP contribution is -2.25. The SMILES string of the molecule is ClC1NCc2ccccc2-n2c(C3CCC(Oc4ccccc4)CC3)nnc21. The monoisotopic (exact) mass is 394 g/mol. The summed E-state index contributed by atoms with van der Waals surface area (Å²) in [6.45, 7) is 0.727. The van der Waals surface area contributed by atoms with Gasteiger partial charge in [0.15, 0.2) is 5.82 Å². The molecule has 5 nitrogen and oxygen atoms in total. The van der Waals surface area contributed by atoms with Crippen LogP contribution in [0, 0.1) is 0 Å². The number of hydrogen-bond acceptors (Lipinski definition) is 4. The van der Waals surface area contributed by atoms with Crippen LogP contribution in [0.25, 0.3) is 5.69 Å². The van der Waals surface area contributed by atoms with Crippen LogP contribution in [0.5, 0.6) is 5.75 Å². The first-order chi connectivity index (χ1) is 13.8. The highest BCUT2D eigenvalue weighted by Crippen LogP contribution is 2.37. The highest BCUT2D eigenvalue weighted by Gasteiger charge is 2.31. The van der Waals surface area contributed by atoms with E-state index in [2.05, 4.69) is 44.3 Å². The molecular formula is C22H23ClN4O. The zero-order valence-corrected chi connectivity index (χ0v) is 16.3. The van der Waals surface area contributed by atoms with Gasteiger partial charge in [0, 0.05) is 12.5 Å². The lowest BCUT2D eigenvalue weighted by atomic mass is 9.86. The molecule has 5 rings (SSSR count). The molecule has 0 radical (unpaired) electrons. The van der Waals surface area contributed by atoms with Crippen molar-refractivity contribution in [2.75, 3.05) is 0 Å². The number of halogens is 1. The number of nitrogens with zero attached hydrogens (tertiary/aromatic N) is 3. The molecule has 2 aromatic carbocycles. The Morgan fingerprint density at radius 1 is 0.893 bits per heavy atom. The van der Waals surface area contributed by atoms with E-state index in [1.165, 1.54) is 5.56 Å². The van der Waals surface area contributed by atoms with E-state index >= 15 is 0 Å². The van der Waals surface area contributed by atoms with Gasteiger partial charge < -0.3 is 4.74 Å². The van der Waals surface area contributed by atoms with Gasteiger partial charge in [0.1, 0.15) is 17.1 Å². The van der Waals surface area contributed by atoms with Crippen molar-refractivity contribution in [3.8, 4) is 11.4 Å². The van der Waals surface area contributed by atoms with Gasteiger partial charge in [-0.15, -0.1) is 10.2 Å². The first-order valence-corrected chi connectivity index (χ1v) is 10.4. The minimum atomic E-state index is -0.341. The Balaban J connectivity index is 1.38. The highest BCUT2D eigenvalue weighted by molar-refractivity contribution is 6.20. The van der Waals surface area contributed by atoms with Gasteiger partial charge >= 0.3 is 0 Å². The number of para-hydroxylation sites is 2. The first-order valence-electron chi connectivity index (χ1n) is 9.92. The first kappa shape index (κ1) is 17.7. The molecule has 2 aliphatic rings. The van der Waals surface area contributed by atoms with Crippen LogP contribution in [0.1, 0.15) is 54.3 Å². The molecule has 1 saturated carbocycles. The molecule has 0 bridgehead atoms. The number of alkyl halides is 1. The maximum absolute atomic E-state index is 6.55. The van der Waals surface area contributed by atoms with Crippen molar-refractivity contribution < 1.29 is 4.74 Å². The summed E-state index contributed by atoms with van der Waals surface area (Å²) in [6.07, 6.45) is 4.38. The summed E-state index contributed by atoms with van der Waals surface area (Å²) in [7, 11) is 0. The molecule has 1 aliphatic carbocycles. The van der Waals surface area contributed by atoms with E-state index in [0.29, 0.717) is 5.92 Å². The topological polar surface area (TPSA) is 52.0 Å². The smallest absolute Gasteiger partial charge is 0.170 e. The van der Waals surface area contributed by atoms with E-state index in [-0.39, 0.29) is 11.6 Å². The Labute approximate surface area is 169 Å². The van der Waals surface area contributed by atoms with Gasteiger partial charge in [-0.3, -0.25) is 9.88 Å². The zero-order valence-electron chi connectivity index (χ0n) is 15.6. The van der Waals surface area contributed by atoms with Crippen molar-refractivity contribution >= 4 is 11.6 Å². The summed E-state index contributed by atoms with van der Waals surface area (Å²) < 4.78 is 8.33. The Hall–Kier alpha value is -2.37. The molecule has 1 aliphatic heterocycles. The van der Waals surface area contributed by atoms with Gasteiger partial charge in [0.05, 0.1) is 11.8 Å². The molecule has 3 aromatic rings. The Kier molecular flexibility index (Phi) is 4.79. The van der Waals surface area contributed by atoms with Gasteiger partial charge in [0.25, 0.3) is 0 Å². The number of nitrogens with one attached hydrogen (secondary N) is 1. The van der Waals surface area contributed by atoms with E-state index in [0.717, 1.165) is 55.3 Å². The molecule has 28 heavy (non-hydrogen) atoms. The number of fused-ring (bicyclic) bond motifs is 3. The predicted molar refractivity (Wildman–Crippen MR) is 109 cm³/mol. The summed E-state index contributed by atoms with van der Waals surface area (Å²) in [5, 5.41) is 12.3. The van der Waals surface area contributed by atoms with Crippen LogP contribution in [-0.2, 0) is 6.54 Å². The van der Waals surface area contributed by atoms with Crippen molar-refractivity contribution in [2.24, 2.45) is 0 Å². The van der Waals surface area contributed by atoms with E-state index in [4.69, 9.17) is 16.3 Å². The molecule has 6 heteroatoms. The van der Waals surface area contributed by atoms with Crippen LogP contribution in [-0.4, -0.2) is 20.9 Å². The fourth-order valence-corrected chi connectivity index (χ4v) is 4.50. The van der Waals surface area contributed by atoms with Crippen molar-refractivity contribution in [2.45, 2.75) is 49.8 Å². The summed E-state index contributed by atoms with van der Waals surface area (Å²) in [4.78, 5) is 0. The van der Waals surface area contributed by atoms with Crippen molar-refractivity contribution in [1.82, 2.24) is 20.1 Å². The quantitative estimate of drug-likeness (QED) is 0.516. The summed E-state index contributed by atoms with van der Waals surface area (Å²) in [5.41, 5.74) is 2.01. The number of rotatable bonds is 3. The van der Waals surface area contributed by atoms with Crippen LogP contribution in [0.15, 0.2) is 54.6 Å². The number of aromatic nitrogens is 3. The number of ether oxygens (including phenoxy) is 1. The molecular weight excluding hydrogens is 372 g/mol. The molecule has 1 fully saturated rings. The third-order valence-corrected chi connectivity index (χ3v) is 6.08. The summed E-state index contributed by atoms with van der Waals surface area (Å²) in [5.74, 6) is 3.12. The number of benzene rings is 2. The fraction of sp³-hybridized carbons (Fsp3) is 0.364. The van der Waals surface area contributed by atoms with Crippen molar-refractivity contribution in [1.29, 1.82) is 0 Å². The molecule has 1 atom stereocenters. The van der Waals surface area contributed by atoms with Crippen LogP contribution >= 0.6 is 11.6 Å². The predicted octanol–water partition coefficient (Wildman–Crippen LogP) is 4.71. The Morgan fingerprint density at radius 3 is 2.43 bits per heavy atom. The van der Waals surface area contributed by atoms with Gasteiger partial charge in [-0.25, -0.2) is 0 Å². The zero-order chi connectivity index (χ0) is 18.9. The molecule has 0 amide bonds. The molecule has 2 heterocycles. The maximum Gasteiger partial charge on any atom is 0.170 e. The minimum Gasteiger partial charge on any atom is -0.490 e. The average Bonchev–Trinajstić information content (AvgIpc) is 3.13. The third-order valence-electron chi connectivity index (χ3n) is 5.73. The molecule has 1 aromatic heterocycles. The second kappa shape index (κ2) is 7.57. The van der Waals surface area contributed by atoms with Crippen LogP contribution < -0.4 is 10.1 Å². The van der Waals surface area contributed by atoms with Gasteiger partial charge in [-0.05, 0) is 49.4 Å². The Bertz CT molecular complexity index is 950. The van der Waals surface area contributed by atoms with Gasteiger partial charge in [-0.2, -0.15) is 0 Å². The van der Waals surface area contributed by atoms with Gasteiger partial charge in [-0.1, -0.05) is 48.0 Å². The second-order valence-corrected chi connectivity index (χ2v) is 7.96. The standard InChI is InChI=1S/C22H23ClN4O/c23-20-22-26-25-21(27(22)19-9-5-4-6-16(19)14-24-20)15-10-12-18(13-11-15)28-17-7-2-1-3-8-17/h1-9,15,18,20,24H,10-14H2. The number of hydrogen-bond donors (Lipinski definition) is 1. The third kappa shape index (κ3) is 3.29. The van der Waals surface area contributed by atoms with E-state index < -0.39 is 0 Å². The van der Waals surface area contributed by atoms with E-state index in [1.54, 1.807) is 0 Å². The fourth-order valence-electron chi connectivity index (χ4n) is 4.28. The van der Waals surface area contributed by atoms with Crippen molar-refractivity contribution in [3.63, 3.8) is 0 Å². The van der Waals surface area contributed by atoms with E-state index in [1.807, 2.05) is 30.3 Å². The molecule has 144 valence electrons. The Morgan fingerprint density at radius 2 is 1.61 bits per heavy atom. The lowest BCUT2D eigenvalue weighted by Gasteiger charge is -2.29. The average molecular weight is 395 g/mol. The molecule has 0 spiro atoms. The maximum atomic E-state index is 6.55. The van der Waals surface area contributed by atoms with Gasteiger partial charge in [0.2, 0.25) is 0 Å². The largest absolute Gasteiger partial charge is 0.490 e. The molecule has 1 N–H and O–H groups in total. The van der Waals surface area contributed by atoms with Crippen molar-refractivity contribution in [3.05, 3.63) is 71.8 Å². The molecule has 0 saturated heterocycles. The molecule has 1 unspecified atom stereocenters. The second-order valence-electron chi connectivity index (χ2n) is 7.53. The summed E-state index contributed by atoms with van der Waals surface area (Å²) in [6, 6.07) is 18.5. The normalized spacial score (nSPS) is 24.1.